The van der Waals surface area contributed by atoms with Crippen LogP contribution in [0, 0.1) is 11.8 Å². The van der Waals surface area contributed by atoms with Crippen LogP contribution in [0.25, 0.3) is 0 Å². The maximum atomic E-state index is 11.9. The number of unbranched alkanes of at least 4 members (excludes halogenated alkanes) is 1. The molecule has 1 aliphatic rings. The molecule has 0 N–H and O–H groups in total. The predicted molar refractivity (Wildman–Crippen MR) is 61.8 cm³/mol. The van der Waals surface area contributed by atoms with Crippen LogP contribution in [-0.2, 0) is 9.53 Å². The molecule has 3 unspecified atom stereocenters. The van der Waals surface area contributed by atoms with Crippen molar-refractivity contribution in [2.45, 2.75) is 58.5 Å². The van der Waals surface area contributed by atoms with Crippen LogP contribution in [0.4, 0.5) is 0 Å². The average Bonchev–Trinajstić information content (AvgIpc) is 2.63. The van der Waals surface area contributed by atoms with Crippen molar-refractivity contribution >= 4 is 5.78 Å². The summed E-state index contributed by atoms with van der Waals surface area (Å²) in [5, 5.41) is 0. The van der Waals surface area contributed by atoms with E-state index in [9.17, 15) is 4.79 Å². The topological polar surface area (TPSA) is 26.3 Å². The van der Waals surface area contributed by atoms with Crippen molar-refractivity contribution in [3.8, 4) is 0 Å². The highest BCUT2D eigenvalue weighted by Crippen LogP contribution is 2.35. The molecule has 0 bridgehead atoms. The molecule has 2 nitrogen and oxygen atoms in total. The third-order valence-electron chi connectivity index (χ3n) is 3.66. The predicted octanol–water partition coefficient (Wildman–Crippen LogP) is 3.20. The molecule has 0 aliphatic heterocycles. The summed E-state index contributed by atoms with van der Waals surface area (Å²) in [6, 6.07) is 0. The first-order valence-corrected chi connectivity index (χ1v) is 6.26. The van der Waals surface area contributed by atoms with Crippen LogP contribution in [0.1, 0.15) is 52.4 Å². The third-order valence-corrected chi connectivity index (χ3v) is 3.66. The summed E-state index contributed by atoms with van der Waals surface area (Å²) >= 11 is 0. The molecule has 3 atom stereocenters. The fraction of sp³-hybridized carbons (Fsp3) is 0.923. The highest BCUT2D eigenvalue weighted by atomic mass is 16.5. The molecule has 1 fully saturated rings. The van der Waals surface area contributed by atoms with E-state index >= 15 is 0 Å². The lowest BCUT2D eigenvalue weighted by atomic mass is 9.88. The normalized spacial score (nSPS) is 27.9. The number of carbonyl (C=O) groups excluding carboxylic acids is 1. The molecule has 1 rings (SSSR count). The van der Waals surface area contributed by atoms with E-state index in [0.717, 1.165) is 19.3 Å². The Bertz CT molecular complexity index is 201. The molecule has 1 saturated carbocycles. The van der Waals surface area contributed by atoms with Gasteiger partial charge in [-0.3, -0.25) is 4.79 Å². The lowest BCUT2D eigenvalue weighted by molar-refractivity contribution is -0.132. The van der Waals surface area contributed by atoms with Crippen molar-refractivity contribution in [2.75, 3.05) is 7.11 Å². The second kappa shape index (κ2) is 6.26. The summed E-state index contributed by atoms with van der Waals surface area (Å²) < 4.78 is 5.41. The van der Waals surface area contributed by atoms with Gasteiger partial charge >= 0.3 is 0 Å². The van der Waals surface area contributed by atoms with E-state index in [1.807, 2.05) is 0 Å². The zero-order valence-corrected chi connectivity index (χ0v) is 10.3. The zero-order chi connectivity index (χ0) is 11.3. The van der Waals surface area contributed by atoms with Gasteiger partial charge in [-0.05, 0) is 24.7 Å². The molecule has 0 saturated heterocycles. The summed E-state index contributed by atoms with van der Waals surface area (Å²) in [6.07, 6.45) is 6.32. The molecule has 0 spiro atoms. The number of Topliss-reactive ketones (excluding diaryl/α,β-unsaturated/α-hetero) is 1. The highest BCUT2D eigenvalue weighted by Gasteiger charge is 2.34. The lowest BCUT2D eigenvalue weighted by Crippen LogP contribution is -2.33. The molecular weight excluding hydrogens is 188 g/mol. The molecule has 0 radical (unpaired) electrons. The zero-order valence-electron chi connectivity index (χ0n) is 10.3. The van der Waals surface area contributed by atoms with Crippen LogP contribution in [0.3, 0.4) is 0 Å². The maximum Gasteiger partial charge on any atom is 0.161 e. The Labute approximate surface area is 93.4 Å². The number of ether oxygens (including phenoxy) is 1. The minimum atomic E-state index is -0.131. The van der Waals surface area contributed by atoms with E-state index in [1.54, 1.807) is 7.11 Å². The van der Waals surface area contributed by atoms with Gasteiger partial charge in [0.2, 0.25) is 0 Å². The van der Waals surface area contributed by atoms with Gasteiger partial charge in [0.05, 0.1) is 0 Å². The Balaban J connectivity index is 2.50. The summed E-state index contributed by atoms with van der Waals surface area (Å²) in [5.74, 6) is 1.44. The first-order chi connectivity index (χ1) is 7.20. The molecule has 88 valence electrons. The van der Waals surface area contributed by atoms with Gasteiger partial charge in [0.1, 0.15) is 6.10 Å². The van der Waals surface area contributed by atoms with Crippen LogP contribution < -0.4 is 0 Å². The fourth-order valence-corrected chi connectivity index (χ4v) is 2.66. The number of hydrogen-bond acceptors (Lipinski definition) is 2. The van der Waals surface area contributed by atoms with Gasteiger partial charge in [0, 0.05) is 13.5 Å². The molecular formula is C13H24O2. The van der Waals surface area contributed by atoms with Gasteiger partial charge in [-0.25, -0.2) is 0 Å². The van der Waals surface area contributed by atoms with E-state index in [2.05, 4.69) is 13.8 Å². The van der Waals surface area contributed by atoms with Crippen LogP contribution in [0.5, 0.6) is 0 Å². The van der Waals surface area contributed by atoms with E-state index in [1.165, 1.54) is 12.8 Å². The lowest BCUT2D eigenvalue weighted by Gasteiger charge is -2.24. The molecule has 15 heavy (non-hydrogen) atoms. The molecule has 1 aliphatic carbocycles. The van der Waals surface area contributed by atoms with E-state index < -0.39 is 0 Å². The standard InChI is InChI=1S/C13H24O2/c1-4-5-9-12(14)13(15-3)11-8-6-7-10(11)2/h10-11,13H,4-9H2,1-3H3. The monoisotopic (exact) mass is 212 g/mol. The van der Waals surface area contributed by atoms with Crippen LogP contribution >= 0.6 is 0 Å². The van der Waals surface area contributed by atoms with Gasteiger partial charge in [-0.15, -0.1) is 0 Å². The second-order valence-corrected chi connectivity index (χ2v) is 4.80. The highest BCUT2D eigenvalue weighted by molar-refractivity contribution is 5.83. The molecule has 0 amide bonds. The van der Waals surface area contributed by atoms with Crippen molar-refractivity contribution in [2.24, 2.45) is 11.8 Å². The minimum absolute atomic E-state index is 0.131. The Hall–Kier alpha value is -0.370. The average molecular weight is 212 g/mol. The number of ketones is 1. The van der Waals surface area contributed by atoms with Crippen molar-refractivity contribution in [3.05, 3.63) is 0 Å². The Kier molecular flexibility index (Phi) is 5.30. The van der Waals surface area contributed by atoms with E-state index in [-0.39, 0.29) is 6.10 Å². The number of hydrogen-bond donors (Lipinski definition) is 0. The quantitative estimate of drug-likeness (QED) is 0.676. The molecule has 0 aromatic rings. The largest absolute Gasteiger partial charge is 0.373 e. The van der Waals surface area contributed by atoms with Gasteiger partial charge in [-0.2, -0.15) is 0 Å². The Morgan fingerprint density at radius 1 is 1.47 bits per heavy atom. The minimum Gasteiger partial charge on any atom is -0.373 e. The Morgan fingerprint density at radius 2 is 2.20 bits per heavy atom. The van der Waals surface area contributed by atoms with Gasteiger partial charge in [0.15, 0.2) is 5.78 Å². The van der Waals surface area contributed by atoms with Gasteiger partial charge in [-0.1, -0.05) is 33.1 Å². The SMILES string of the molecule is CCCCC(=O)C(OC)C1CCCC1C. The fourth-order valence-electron chi connectivity index (χ4n) is 2.66. The maximum absolute atomic E-state index is 11.9. The van der Waals surface area contributed by atoms with E-state index in [4.69, 9.17) is 4.74 Å². The smallest absolute Gasteiger partial charge is 0.161 e. The van der Waals surface area contributed by atoms with Gasteiger partial charge < -0.3 is 4.74 Å². The van der Waals surface area contributed by atoms with Crippen molar-refractivity contribution in [1.82, 2.24) is 0 Å². The molecule has 2 heteroatoms. The first kappa shape index (κ1) is 12.7. The number of carbonyl (C=O) groups is 1. The number of rotatable bonds is 6. The summed E-state index contributed by atoms with van der Waals surface area (Å²) in [4.78, 5) is 11.9. The van der Waals surface area contributed by atoms with Crippen molar-refractivity contribution < 1.29 is 9.53 Å². The van der Waals surface area contributed by atoms with Crippen LogP contribution in [-0.4, -0.2) is 19.0 Å². The molecule has 0 aromatic heterocycles. The van der Waals surface area contributed by atoms with E-state index in [0.29, 0.717) is 24.0 Å². The summed E-state index contributed by atoms with van der Waals surface area (Å²) in [5.41, 5.74) is 0. The summed E-state index contributed by atoms with van der Waals surface area (Å²) in [7, 11) is 1.68. The second-order valence-electron chi connectivity index (χ2n) is 4.80. The van der Waals surface area contributed by atoms with Crippen LogP contribution in [0.15, 0.2) is 0 Å². The number of methoxy groups -OCH3 is 1. The van der Waals surface area contributed by atoms with Gasteiger partial charge in [0.25, 0.3) is 0 Å². The molecule has 0 aromatic carbocycles. The first-order valence-electron chi connectivity index (χ1n) is 6.26. The van der Waals surface area contributed by atoms with Crippen molar-refractivity contribution in [3.63, 3.8) is 0 Å². The Morgan fingerprint density at radius 3 is 2.67 bits per heavy atom. The third kappa shape index (κ3) is 3.30. The summed E-state index contributed by atoms with van der Waals surface area (Å²) in [6.45, 7) is 4.37. The van der Waals surface area contributed by atoms with Crippen molar-refractivity contribution in [1.29, 1.82) is 0 Å². The molecule has 0 heterocycles. The van der Waals surface area contributed by atoms with Crippen LogP contribution in [0.2, 0.25) is 0 Å².